The number of hydrogen-bond acceptors (Lipinski definition) is 2. The fourth-order valence-electron chi connectivity index (χ4n) is 1.41. The summed E-state index contributed by atoms with van der Waals surface area (Å²) in [5.74, 6) is 0.00291. The molecule has 0 rings (SSSR count). The molecule has 0 spiro atoms. The molecule has 0 aliphatic heterocycles. The minimum absolute atomic E-state index is 0.00291. The number of unbranched alkanes of at least 4 members (excludes halogenated alkanes) is 1. The molecule has 3 heteroatoms. The zero-order chi connectivity index (χ0) is 11.1. The Balaban J connectivity index is 3.97. The van der Waals surface area contributed by atoms with Crippen molar-refractivity contribution >= 4 is 15.0 Å². The quantitative estimate of drug-likeness (QED) is 0.634. The average Bonchev–Trinajstić information content (AvgIpc) is 2.09. The molecule has 0 aliphatic rings. The molecule has 0 N–H and O–H groups in total. The van der Waals surface area contributed by atoms with Crippen molar-refractivity contribution in [1.82, 2.24) is 0 Å². The topological polar surface area (TPSA) is 26.3 Å². The smallest absolute Gasteiger partial charge is 0.292 e. The zero-order valence-electron chi connectivity index (χ0n) is 10.1. The molecule has 0 atom stereocenters. The second-order valence-corrected chi connectivity index (χ2v) is 7.61. The maximum absolute atomic E-state index is 11.4. The molecular weight excluding hydrogens is 192 g/mol. The Morgan fingerprint density at radius 1 is 1.21 bits per heavy atom. The first-order chi connectivity index (χ1) is 6.49. The van der Waals surface area contributed by atoms with Crippen molar-refractivity contribution < 1.29 is 9.22 Å². The molecular formula is C11H23O2Si. The monoisotopic (exact) mass is 215 g/mol. The van der Waals surface area contributed by atoms with Crippen LogP contribution < -0.4 is 0 Å². The molecule has 0 aliphatic carbocycles. The van der Waals surface area contributed by atoms with Crippen LogP contribution >= 0.6 is 0 Å². The predicted molar refractivity (Wildman–Crippen MR) is 61.6 cm³/mol. The van der Waals surface area contributed by atoms with Crippen LogP contribution in [0.1, 0.15) is 53.9 Å². The highest BCUT2D eigenvalue weighted by molar-refractivity contribution is 6.56. The van der Waals surface area contributed by atoms with E-state index >= 15 is 0 Å². The molecule has 14 heavy (non-hydrogen) atoms. The third-order valence-corrected chi connectivity index (χ3v) is 4.84. The van der Waals surface area contributed by atoms with Crippen molar-refractivity contribution in [2.24, 2.45) is 0 Å². The maximum atomic E-state index is 11.4. The molecule has 1 radical (unpaired) electrons. The molecule has 0 unspecified atom stereocenters. The van der Waals surface area contributed by atoms with Crippen molar-refractivity contribution in [2.75, 3.05) is 0 Å². The normalized spacial score (nSPS) is 11.4. The predicted octanol–water partition coefficient (Wildman–Crippen LogP) is 3.53. The van der Waals surface area contributed by atoms with E-state index in [9.17, 15) is 4.79 Å². The van der Waals surface area contributed by atoms with Gasteiger partial charge in [-0.25, -0.2) is 0 Å². The molecule has 0 fully saturated rings. The van der Waals surface area contributed by atoms with Gasteiger partial charge in [0.05, 0.1) is 0 Å². The Hall–Kier alpha value is -0.313. The fraction of sp³-hybridized carbons (Fsp3) is 0.909. The van der Waals surface area contributed by atoms with E-state index in [1.54, 1.807) is 0 Å². The van der Waals surface area contributed by atoms with E-state index in [0.717, 1.165) is 12.8 Å². The minimum Gasteiger partial charge on any atom is -0.517 e. The fourth-order valence-corrected chi connectivity index (χ4v) is 3.58. The maximum Gasteiger partial charge on any atom is 0.292 e. The first kappa shape index (κ1) is 13.7. The van der Waals surface area contributed by atoms with Crippen LogP contribution in [0.3, 0.4) is 0 Å². The summed E-state index contributed by atoms with van der Waals surface area (Å²) < 4.78 is 5.54. The van der Waals surface area contributed by atoms with E-state index in [-0.39, 0.29) is 5.97 Å². The third kappa shape index (κ3) is 5.42. The molecule has 0 aromatic rings. The van der Waals surface area contributed by atoms with Gasteiger partial charge < -0.3 is 4.43 Å². The van der Waals surface area contributed by atoms with Crippen LogP contribution in [0.15, 0.2) is 0 Å². The van der Waals surface area contributed by atoms with Gasteiger partial charge in [-0.05, 0) is 17.5 Å². The standard InChI is InChI=1S/C11H23O2Si/c1-6-7-8-11(12)13-14(9(2)3)10(4)5/h9-10H,6-8H2,1-5H3. The lowest BCUT2D eigenvalue weighted by atomic mass is 10.3. The van der Waals surface area contributed by atoms with Gasteiger partial charge in [0.2, 0.25) is 0 Å². The van der Waals surface area contributed by atoms with Crippen molar-refractivity contribution in [1.29, 1.82) is 0 Å². The van der Waals surface area contributed by atoms with Gasteiger partial charge in [-0.15, -0.1) is 0 Å². The molecule has 0 bridgehead atoms. The summed E-state index contributed by atoms with van der Waals surface area (Å²) in [5.41, 5.74) is 1.01. The summed E-state index contributed by atoms with van der Waals surface area (Å²) in [6.45, 7) is 10.6. The van der Waals surface area contributed by atoms with Gasteiger partial charge in [-0.1, -0.05) is 41.0 Å². The van der Waals surface area contributed by atoms with Gasteiger partial charge in [0, 0.05) is 6.42 Å². The van der Waals surface area contributed by atoms with Crippen LogP contribution in [0.4, 0.5) is 0 Å². The highest BCUT2D eigenvalue weighted by atomic mass is 28.3. The van der Waals surface area contributed by atoms with Crippen LogP contribution in [0.25, 0.3) is 0 Å². The lowest BCUT2D eigenvalue weighted by Gasteiger charge is -2.21. The molecule has 2 nitrogen and oxygen atoms in total. The van der Waals surface area contributed by atoms with Crippen molar-refractivity contribution in [3.8, 4) is 0 Å². The highest BCUT2D eigenvalue weighted by Crippen LogP contribution is 2.21. The van der Waals surface area contributed by atoms with Crippen LogP contribution in [-0.4, -0.2) is 15.0 Å². The highest BCUT2D eigenvalue weighted by Gasteiger charge is 2.25. The summed E-state index contributed by atoms with van der Waals surface area (Å²) >= 11 is 0. The Morgan fingerprint density at radius 2 is 1.71 bits per heavy atom. The first-order valence-corrected chi connectivity index (χ1v) is 7.12. The van der Waals surface area contributed by atoms with E-state index in [2.05, 4.69) is 34.6 Å². The Kier molecular flexibility index (Phi) is 6.88. The lowest BCUT2D eigenvalue weighted by Crippen LogP contribution is -2.28. The SMILES string of the molecule is CCCCC(=O)O[Si](C(C)C)C(C)C. The van der Waals surface area contributed by atoms with Gasteiger partial charge >= 0.3 is 0 Å². The molecule has 0 heterocycles. The van der Waals surface area contributed by atoms with Gasteiger partial charge in [-0.3, -0.25) is 4.79 Å². The summed E-state index contributed by atoms with van der Waals surface area (Å²) in [4.78, 5) is 11.4. The van der Waals surface area contributed by atoms with Gasteiger partial charge in [0.1, 0.15) is 0 Å². The molecule has 0 saturated carbocycles. The summed E-state index contributed by atoms with van der Waals surface area (Å²) in [5, 5.41) is 0. The number of carbonyl (C=O) groups is 1. The van der Waals surface area contributed by atoms with E-state index in [4.69, 9.17) is 4.43 Å². The van der Waals surface area contributed by atoms with Crippen LogP contribution in [-0.2, 0) is 9.22 Å². The summed E-state index contributed by atoms with van der Waals surface area (Å²) in [6.07, 6.45) is 2.59. The first-order valence-electron chi connectivity index (χ1n) is 5.56. The zero-order valence-corrected chi connectivity index (χ0v) is 11.1. The molecule has 0 amide bonds. The van der Waals surface area contributed by atoms with Crippen molar-refractivity contribution in [3.63, 3.8) is 0 Å². The van der Waals surface area contributed by atoms with Gasteiger partial charge in [0.25, 0.3) is 15.0 Å². The number of rotatable bonds is 6. The molecule has 0 saturated heterocycles. The van der Waals surface area contributed by atoms with Crippen LogP contribution in [0.5, 0.6) is 0 Å². The van der Waals surface area contributed by atoms with E-state index in [0.29, 0.717) is 17.5 Å². The molecule has 83 valence electrons. The summed E-state index contributed by atoms with van der Waals surface area (Å²) in [7, 11) is -0.957. The van der Waals surface area contributed by atoms with E-state index in [1.165, 1.54) is 0 Å². The lowest BCUT2D eigenvalue weighted by molar-refractivity contribution is -0.135. The van der Waals surface area contributed by atoms with Crippen molar-refractivity contribution in [2.45, 2.75) is 65.0 Å². The largest absolute Gasteiger partial charge is 0.517 e. The number of hydrogen-bond donors (Lipinski definition) is 0. The van der Waals surface area contributed by atoms with Crippen LogP contribution in [0, 0.1) is 0 Å². The Bertz CT molecular complexity index is 159. The van der Waals surface area contributed by atoms with E-state index in [1.807, 2.05) is 0 Å². The third-order valence-electron chi connectivity index (χ3n) is 2.10. The Labute approximate surface area is 89.8 Å². The number of carbonyl (C=O) groups excluding carboxylic acids is 1. The molecule has 0 aromatic carbocycles. The van der Waals surface area contributed by atoms with Crippen LogP contribution in [0.2, 0.25) is 11.1 Å². The second-order valence-electron chi connectivity index (χ2n) is 4.29. The van der Waals surface area contributed by atoms with Gasteiger partial charge in [-0.2, -0.15) is 0 Å². The minimum atomic E-state index is -0.957. The molecule has 0 aromatic heterocycles. The second kappa shape index (κ2) is 7.04. The van der Waals surface area contributed by atoms with E-state index < -0.39 is 9.04 Å². The average molecular weight is 215 g/mol. The Morgan fingerprint density at radius 3 is 2.07 bits per heavy atom. The summed E-state index contributed by atoms with van der Waals surface area (Å²) in [6, 6.07) is 0. The van der Waals surface area contributed by atoms with Gasteiger partial charge in [0.15, 0.2) is 0 Å². The van der Waals surface area contributed by atoms with Crippen molar-refractivity contribution in [3.05, 3.63) is 0 Å².